The van der Waals surface area contributed by atoms with Gasteiger partial charge in [0, 0.05) is 13.1 Å². The summed E-state index contributed by atoms with van der Waals surface area (Å²) in [6.07, 6.45) is 3.11. The lowest BCUT2D eigenvalue weighted by atomic mass is 9.99. The van der Waals surface area contributed by atoms with Crippen molar-refractivity contribution in [2.75, 3.05) is 46.4 Å². The minimum absolute atomic E-state index is 0. The maximum Gasteiger partial charge on any atom is 0.191 e. The molecule has 1 unspecified atom stereocenters. The molecule has 0 bridgehead atoms. The van der Waals surface area contributed by atoms with E-state index in [1.165, 1.54) is 25.9 Å². The van der Waals surface area contributed by atoms with Crippen molar-refractivity contribution in [3.05, 3.63) is 29.8 Å². The van der Waals surface area contributed by atoms with Gasteiger partial charge in [-0.3, -0.25) is 4.99 Å². The highest BCUT2D eigenvalue weighted by Gasteiger charge is 2.14. The number of hydrogen-bond acceptors (Lipinski definition) is 4. The highest BCUT2D eigenvalue weighted by Crippen LogP contribution is 2.18. The van der Waals surface area contributed by atoms with Crippen LogP contribution in [-0.4, -0.2) is 62.3 Å². The van der Waals surface area contributed by atoms with Crippen molar-refractivity contribution in [1.82, 2.24) is 15.5 Å². The molecule has 0 saturated carbocycles. The summed E-state index contributed by atoms with van der Waals surface area (Å²) in [6.45, 7) is 9.99. The second kappa shape index (κ2) is 14.0. The van der Waals surface area contributed by atoms with Gasteiger partial charge < -0.3 is 25.4 Å². The number of rotatable bonds is 9. The monoisotopic (exact) mass is 504 g/mol. The fourth-order valence-corrected chi connectivity index (χ4v) is 3.25. The number of nitrogens with one attached hydrogen (secondary N) is 2. The fourth-order valence-electron chi connectivity index (χ4n) is 3.25. The van der Waals surface area contributed by atoms with Gasteiger partial charge in [0.15, 0.2) is 5.96 Å². The first-order chi connectivity index (χ1) is 13.1. The minimum Gasteiger partial charge on any atom is -0.497 e. The van der Waals surface area contributed by atoms with Crippen LogP contribution in [0.15, 0.2) is 29.3 Å². The van der Waals surface area contributed by atoms with Gasteiger partial charge in [-0.15, -0.1) is 24.0 Å². The third-order valence-electron chi connectivity index (χ3n) is 5.09. The van der Waals surface area contributed by atoms with Gasteiger partial charge in [0.1, 0.15) is 5.75 Å². The van der Waals surface area contributed by atoms with Gasteiger partial charge in [0.25, 0.3) is 0 Å². The molecule has 1 atom stereocenters. The van der Waals surface area contributed by atoms with Crippen molar-refractivity contribution in [2.24, 2.45) is 10.9 Å². The predicted octanol–water partition coefficient (Wildman–Crippen LogP) is 3.02. The van der Waals surface area contributed by atoms with E-state index in [-0.39, 0.29) is 24.0 Å². The van der Waals surface area contributed by atoms with Crippen molar-refractivity contribution in [3.8, 4) is 5.75 Å². The molecular formula is C21H37IN4O2. The molecule has 1 saturated heterocycles. The van der Waals surface area contributed by atoms with E-state index in [0.29, 0.717) is 6.54 Å². The Labute approximate surface area is 187 Å². The Balaban J connectivity index is 0.00000392. The first kappa shape index (κ1) is 25.0. The molecule has 2 rings (SSSR count). The standard InChI is InChI=1S/C21H36N4O2.HI/c1-4-22-21(23-12-5-13-25-14-10-17(2)11-15-25)24-16-20(26)18-6-8-19(27-3)9-7-18;/h6-9,17,20,26H,4-5,10-16H2,1-3H3,(H2,22,23,24);1H. The van der Waals surface area contributed by atoms with E-state index >= 15 is 0 Å². The highest BCUT2D eigenvalue weighted by molar-refractivity contribution is 14.0. The van der Waals surface area contributed by atoms with Gasteiger partial charge in [-0.2, -0.15) is 0 Å². The van der Waals surface area contributed by atoms with E-state index in [2.05, 4.69) is 27.4 Å². The molecule has 1 heterocycles. The van der Waals surface area contributed by atoms with E-state index < -0.39 is 6.10 Å². The fraction of sp³-hybridized carbons (Fsp3) is 0.667. The maximum atomic E-state index is 10.4. The van der Waals surface area contributed by atoms with Crippen LogP contribution in [0.2, 0.25) is 0 Å². The van der Waals surface area contributed by atoms with Crippen LogP contribution >= 0.6 is 24.0 Å². The summed E-state index contributed by atoms with van der Waals surface area (Å²) in [5.74, 6) is 2.42. The Hall–Kier alpha value is -1.06. The summed E-state index contributed by atoms with van der Waals surface area (Å²) in [5, 5.41) is 17.0. The number of aliphatic hydroxyl groups is 1. The van der Waals surface area contributed by atoms with E-state index in [1.54, 1.807) is 7.11 Å². The first-order valence-corrected chi connectivity index (χ1v) is 10.2. The van der Waals surface area contributed by atoms with E-state index in [0.717, 1.165) is 49.2 Å². The van der Waals surface area contributed by atoms with Gasteiger partial charge >= 0.3 is 0 Å². The average molecular weight is 504 g/mol. The molecular weight excluding hydrogens is 467 g/mol. The third-order valence-corrected chi connectivity index (χ3v) is 5.09. The number of benzene rings is 1. The zero-order valence-electron chi connectivity index (χ0n) is 17.5. The number of likely N-dealkylation sites (tertiary alicyclic amines) is 1. The lowest BCUT2D eigenvalue weighted by molar-refractivity contribution is 0.187. The molecule has 7 heteroatoms. The van der Waals surface area contributed by atoms with E-state index in [9.17, 15) is 5.11 Å². The number of hydrogen-bond donors (Lipinski definition) is 3. The Morgan fingerprint density at radius 3 is 2.54 bits per heavy atom. The summed E-state index contributed by atoms with van der Waals surface area (Å²) in [5.41, 5.74) is 0.842. The second-order valence-corrected chi connectivity index (χ2v) is 7.31. The molecule has 0 spiro atoms. The number of ether oxygens (including phenoxy) is 1. The van der Waals surface area contributed by atoms with Crippen molar-refractivity contribution in [3.63, 3.8) is 0 Å². The summed E-state index contributed by atoms with van der Waals surface area (Å²) in [7, 11) is 1.63. The molecule has 0 radical (unpaired) electrons. The minimum atomic E-state index is -0.623. The van der Waals surface area contributed by atoms with Crippen molar-refractivity contribution >= 4 is 29.9 Å². The Kier molecular flexibility index (Phi) is 12.5. The molecule has 28 heavy (non-hydrogen) atoms. The SMILES string of the molecule is CCNC(=NCC(O)c1ccc(OC)cc1)NCCCN1CCC(C)CC1.I. The van der Waals surface area contributed by atoms with Crippen molar-refractivity contribution in [1.29, 1.82) is 0 Å². The lowest BCUT2D eigenvalue weighted by Gasteiger charge is -2.30. The van der Waals surface area contributed by atoms with Crippen LogP contribution in [0.1, 0.15) is 44.8 Å². The van der Waals surface area contributed by atoms with Gasteiger partial charge in [0.2, 0.25) is 0 Å². The number of methoxy groups -OCH3 is 1. The Morgan fingerprint density at radius 2 is 1.93 bits per heavy atom. The summed E-state index contributed by atoms with van der Waals surface area (Å²) >= 11 is 0. The summed E-state index contributed by atoms with van der Waals surface area (Å²) < 4.78 is 5.15. The van der Waals surface area contributed by atoms with Crippen LogP contribution in [-0.2, 0) is 0 Å². The molecule has 1 fully saturated rings. The maximum absolute atomic E-state index is 10.4. The van der Waals surface area contributed by atoms with E-state index in [1.807, 2.05) is 31.2 Å². The molecule has 1 aromatic carbocycles. The normalized spacial score (nSPS) is 16.9. The predicted molar refractivity (Wildman–Crippen MR) is 127 cm³/mol. The van der Waals surface area contributed by atoms with Crippen LogP contribution in [0.5, 0.6) is 5.75 Å². The summed E-state index contributed by atoms with van der Waals surface area (Å²) in [6, 6.07) is 7.46. The smallest absolute Gasteiger partial charge is 0.191 e. The second-order valence-electron chi connectivity index (χ2n) is 7.31. The number of nitrogens with zero attached hydrogens (tertiary/aromatic N) is 2. The Morgan fingerprint density at radius 1 is 1.25 bits per heavy atom. The molecule has 160 valence electrons. The lowest BCUT2D eigenvalue weighted by Crippen LogP contribution is -2.40. The summed E-state index contributed by atoms with van der Waals surface area (Å²) in [4.78, 5) is 7.08. The number of halogens is 1. The van der Waals surface area contributed by atoms with Crippen LogP contribution in [0, 0.1) is 5.92 Å². The van der Waals surface area contributed by atoms with Crippen LogP contribution in [0.4, 0.5) is 0 Å². The topological polar surface area (TPSA) is 69.1 Å². The van der Waals surface area contributed by atoms with E-state index in [4.69, 9.17) is 4.74 Å². The third kappa shape index (κ3) is 8.96. The first-order valence-electron chi connectivity index (χ1n) is 10.2. The molecule has 6 nitrogen and oxygen atoms in total. The van der Waals surface area contributed by atoms with Gasteiger partial charge in [-0.1, -0.05) is 19.1 Å². The van der Waals surface area contributed by atoms with Gasteiger partial charge in [-0.25, -0.2) is 0 Å². The van der Waals surface area contributed by atoms with Crippen molar-refractivity contribution < 1.29 is 9.84 Å². The van der Waals surface area contributed by atoms with Crippen LogP contribution < -0.4 is 15.4 Å². The van der Waals surface area contributed by atoms with Gasteiger partial charge in [-0.05, 0) is 69.4 Å². The molecule has 0 aromatic heterocycles. The van der Waals surface area contributed by atoms with Crippen LogP contribution in [0.25, 0.3) is 0 Å². The van der Waals surface area contributed by atoms with Crippen molar-refractivity contribution in [2.45, 2.75) is 39.2 Å². The average Bonchev–Trinajstić information content (AvgIpc) is 2.70. The number of piperidine rings is 1. The molecule has 1 aliphatic rings. The molecule has 3 N–H and O–H groups in total. The quantitative estimate of drug-likeness (QED) is 0.209. The molecule has 0 aliphatic carbocycles. The Bertz CT molecular complexity index is 560. The highest BCUT2D eigenvalue weighted by atomic mass is 127. The van der Waals surface area contributed by atoms with Crippen LogP contribution in [0.3, 0.4) is 0 Å². The molecule has 0 amide bonds. The number of aliphatic imine (C=N–C) groups is 1. The largest absolute Gasteiger partial charge is 0.497 e. The number of aliphatic hydroxyl groups excluding tert-OH is 1. The zero-order valence-corrected chi connectivity index (χ0v) is 19.8. The zero-order chi connectivity index (χ0) is 19.5. The number of guanidine groups is 1. The molecule has 1 aromatic rings. The van der Waals surface area contributed by atoms with Gasteiger partial charge in [0.05, 0.1) is 19.8 Å². The molecule has 1 aliphatic heterocycles.